The van der Waals surface area contributed by atoms with Crippen LogP contribution in [0.25, 0.3) is 0 Å². The molecular weight excluding hydrogens is 180 g/mol. The molecule has 3 heteroatoms. The van der Waals surface area contributed by atoms with Gasteiger partial charge in [-0.1, -0.05) is 18.2 Å². The molecule has 1 rings (SSSR count). The monoisotopic (exact) mass is 196 g/mol. The second kappa shape index (κ2) is 4.09. The van der Waals surface area contributed by atoms with Crippen LogP contribution < -0.4 is 0 Å². The van der Waals surface area contributed by atoms with Crippen molar-refractivity contribution in [2.75, 3.05) is 14.2 Å². The average Bonchev–Trinajstić information content (AvgIpc) is 2.21. The molecule has 0 saturated heterocycles. The van der Waals surface area contributed by atoms with Crippen molar-refractivity contribution in [1.82, 2.24) is 0 Å². The molecule has 0 bridgehead atoms. The van der Waals surface area contributed by atoms with Gasteiger partial charge in [-0.15, -0.1) is 0 Å². The van der Waals surface area contributed by atoms with Crippen LogP contribution in [0.4, 0.5) is 0 Å². The van der Waals surface area contributed by atoms with E-state index in [1.165, 1.54) is 14.2 Å². The fourth-order valence-electron chi connectivity index (χ4n) is 1.40. The van der Waals surface area contributed by atoms with Crippen LogP contribution in [0.3, 0.4) is 0 Å². The van der Waals surface area contributed by atoms with Crippen molar-refractivity contribution in [3.8, 4) is 0 Å². The lowest BCUT2D eigenvalue weighted by atomic mass is 10.0. The normalized spacial score (nSPS) is 11.8. The molecule has 14 heavy (non-hydrogen) atoms. The van der Waals surface area contributed by atoms with Crippen molar-refractivity contribution < 1.29 is 14.6 Å². The summed E-state index contributed by atoms with van der Waals surface area (Å²) in [7, 11) is 2.82. The third-order valence-corrected chi connectivity index (χ3v) is 2.50. The summed E-state index contributed by atoms with van der Waals surface area (Å²) in [6, 6.07) is 5.63. The largest absolute Gasteiger partial charge is 0.339 e. The number of ether oxygens (including phenoxy) is 2. The Bertz CT molecular complexity index is 316. The van der Waals surface area contributed by atoms with Gasteiger partial charge in [-0.3, -0.25) is 0 Å². The standard InChI is InChI=1S/C11H16O3/c1-8-6-5-7-10(9(8)2)11(12,13-3)14-4/h5-7,12H,1-4H3. The van der Waals surface area contributed by atoms with E-state index < -0.39 is 5.97 Å². The van der Waals surface area contributed by atoms with Gasteiger partial charge in [0.15, 0.2) is 0 Å². The predicted molar refractivity (Wildman–Crippen MR) is 53.8 cm³/mol. The minimum absolute atomic E-state index is 0.641. The lowest BCUT2D eigenvalue weighted by Gasteiger charge is -2.26. The Balaban J connectivity index is 3.24. The zero-order valence-electron chi connectivity index (χ0n) is 9.00. The molecule has 0 atom stereocenters. The highest BCUT2D eigenvalue weighted by molar-refractivity contribution is 5.35. The van der Waals surface area contributed by atoms with Crippen LogP contribution >= 0.6 is 0 Å². The van der Waals surface area contributed by atoms with Crippen molar-refractivity contribution >= 4 is 0 Å². The molecule has 3 nitrogen and oxygen atoms in total. The van der Waals surface area contributed by atoms with E-state index in [9.17, 15) is 5.11 Å². The molecule has 0 saturated carbocycles. The molecule has 0 spiro atoms. The van der Waals surface area contributed by atoms with E-state index in [-0.39, 0.29) is 0 Å². The van der Waals surface area contributed by atoms with E-state index >= 15 is 0 Å². The maximum atomic E-state index is 9.96. The van der Waals surface area contributed by atoms with Gasteiger partial charge in [0.1, 0.15) is 0 Å². The van der Waals surface area contributed by atoms with Crippen LogP contribution in [0.2, 0.25) is 0 Å². The van der Waals surface area contributed by atoms with Gasteiger partial charge in [0.25, 0.3) is 0 Å². The first-order valence-electron chi connectivity index (χ1n) is 4.44. The van der Waals surface area contributed by atoms with Crippen LogP contribution in [0.1, 0.15) is 16.7 Å². The van der Waals surface area contributed by atoms with Crippen molar-refractivity contribution in [3.63, 3.8) is 0 Å². The molecule has 0 aliphatic carbocycles. The van der Waals surface area contributed by atoms with Crippen LogP contribution in [0.15, 0.2) is 18.2 Å². The molecule has 0 heterocycles. The van der Waals surface area contributed by atoms with Crippen LogP contribution in [0, 0.1) is 13.8 Å². The first-order chi connectivity index (χ1) is 6.55. The molecule has 0 unspecified atom stereocenters. The first kappa shape index (κ1) is 11.2. The van der Waals surface area contributed by atoms with Gasteiger partial charge in [0, 0.05) is 19.8 Å². The number of aryl methyl sites for hydroxylation is 1. The third kappa shape index (κ3) is 1.80. The SMILES string of the molecule is COC(O)(OC)c1cccc(C)c1C. The number of rotatable bonds is 3. The fourth-order valence-corrected chi connectivity index (χ4v) is 1.40. The van der Waals surface area contributed by atoms with Crippen molar-refractivity contribution in [3.05, 3.63) is 34.9 Å². The summed E-state index contributed by atoms with van der Waals surface area (Å²) in [6.07, 6.45) is 0. The zero-order valence-corrected chi connectivity index (χ0v) is 9.00. The van der Waals surface area contributed by atoms with E-state index in [1.807, 2.05) is 26.0 Å². The zero-order chi connectivity index (χ0) is 10.8. The van der Waals surface area contributed by atoms with E-state index in [0.717, 1.165) is 11.1 Å². The molecule has 1 aromatic rings. The number of aliphatic hydroxyl groups is 1. The Morgan fingerprint density at radius 1 is 1.14 bits per heavy atom. The van der Waals surface area contributed by atoms with Crippen LogP contribution in [-0.2, 0) is 15.4 Å². The summed E-state index contributed by atoms with van der Waals surface area (Å²) < 4.78 is 9.88. The Morgan fingerprint density at radius 3 is 2.21 bits per heavy atom. The predicted octanol–water partition coefficient (Wildman–Crippen LogP) is 1.70. The van der Waals surface area contributed by atoms with Crippen molar-refractivity contribution in [2.24, 2.45) is 0 Å². The van der Waals surface area contributed by atoms with Gasteiger partial charge in [-0.2, -0.15) is 0 Å². The highest BCUT2D eigenvalue weighted by Gasteiger charge is 2.30. The topological polar surface area (TPSA) is 38.7 Å². The van der Waals surface area contributed by atoms with Crippen molar-refractivity contribution in [1.29, 1.82) is 0 Å². The smallest absolute Gasteiger partial charge is 0.309 e. The minimum atomic E-state index is -1.64. The maximum Gasteiger partial charge on any atom is 0.309 e. The molecule has 1 aromatic carbocycles. The molecule has 1 N–H and O–H groups in total. The Hall–Kier alpha value is -0.900. The Kier molecular flexibility index (Phi) is 3.26. The molecular formula is C11H16O3. The number of hydrogen-bond acceptors (Lipinski definition) is 3. The van der Waals surface area contributed by atoms with E-state index in [0.29, 0.717) is 5.56 Å². The summed E-state index contributed by atoms with van der Waals surface area (Å²) in [4.78, 5) is 0. The third-order valence-electron chi connectivity index (χ3n) is 2.50. The highest BCUT2D eigenvalue weighted by atomic mass is 16.8. The van der Waals surface area contributed by atoms with E-state index in [1.54, 1.807) is 6.07 Å². The van der Waals surface area contributed by atoms with Crippen LogP contribution in [0.5, 0.6) is 0 Å². The van der Waals surface area contributed by atoms with Crippen LogP contribution in [-0.4, -0.2) is 19.3 Å². The van der Waals surface area contributed by atoms with Crippen molar-refractivity contribution in [2.45, 2.75) is 19.8 Å². The lowest BCUT2D eigenvalue weighted by Crippen LogP contribution is -2.31. The summed E-state index contributed by atoms with van der Waals surface area (Å²) in [5.74, 6) is -1.64. The minimum Gasteiger partial charge on any atom is -0.339 e. The second-order valence-electron chi connectivity index (χ2n) is 3.24. The summed E-state index contributed by atoms with van der Waals surface area (Å²) in [6.45, 7) is 3.90. The number of hydrogen-bond donors (Lipinski definition) is 1. The average molecular weight is 196 g/mol. The molecule has 0 amide bonds. The fraction of sp³-hybridized carbons (Fsp3) is 0.455. The Labute approximate surface area is 84.3 Å². The Morgan fingerprint density at radius 2 is 1.71 bits per heavy atom. The molecule has 0 aliphatic rings. The van der Waals surface area contributed by atoms with Gasteiger partial charge < -0.3 is 14.6 Å². The molecule has 0 radical (unpaired) electrons. The quantitative estimate of drug-likeness (QED) is 0.748. The second-order valence-corrected chi connectivity index (χ2v) is 3.24. The number of benzene rings is 1. The van der Waals surface area contributed by atoms with Gasteiger partial charge in [-0.25, -0.2) is 0 Å². The molecule has 0 aliphatic heterocycles. The summed E-state index contributed by atoms with van der Waals surface area (Å²) >= 11 is 0. The van der Waals surface area contributed by atoms with Gasteiger partial charge in [0.2, 0.25) is 0 Å². The lowest BCUT2D eigenvalue weighted by molar-refractivity contribution is -0.352. The number of methoxy groups -OCH3 is 2. The molecule has 0 aromatic heterocycles. The maximum absolute atomic E-state index is 9.96. The highest BCUT2D eigenvalue weighted by Crippen LogP contribution is 2.27. The van der Waals surface area contributed by atoms with Gasteiger partial charge in [-0.05, 0) is 25.0 Å². The summed E-state index contributed by atoms with van der Waals surface area (Å²) in [5.41, 5.74) is 2.70. The first-order valence-corrected chi connectivity index (χ1v) is 4.44. The molecule has 0 fully saturated rings. The van der Waals surface area contributed by atoms with E-state index in [4.69, 9.17) is 9.47 Å². The summed E-state index contributed by atoms with van der Waals surface area (Å²) in [5, 5.41) is 9.96. The van der Waals surface area contributed by atoms with Gasteiger partial charge in [0.05, 0.1) is 0 Å². The van der Waals surface area contributed by atoms with E-state index in [2.05, 4.69) is 0 Å². The molecule has 78 valence electrons. The van der Waals surface area contributed by atoms with Gasteiger partial charge >= 0.3 is 5.97 Å².